The van der Waals surface area contributed by atoms with E-state index >= 15 is 4.39 Å². The standard InChI is InChI=1S/C27H34Cl2FN3O3/c28-18-10-8-17(9-11-18)27(31)22(14-16-4-1-2-5-16)33-25(26(36)32-13-12-19(35)15-34)23(27)20-6-3-7-21(29)24(20)30/h3,6-11,16,19,22-23,25,33-35H,1-2,4-5,12-15,31H2,(H,32,36)/t19-,22-,23-,25+,27+/m0/s1. The van der Waals surface area contributed by atoms with Crippen molar-refractivity contribution in [1.82, 2.24) is 10.6 Å². The lowest BCUT2D eigenvalue weighted by molar-refractivity contribution is -0.123. The normalized spacial score (nSPS) is 27.3. The Kier molecular flexibility index (Phi) is 8.92. The fourth-order valence-corrected chi connectivity index (χ4v) is 6.20. The van der Waals surface area contributed by atoms with E-state index in [1.54, 1.807) is 24.3 Å². The molecule has 0 radical (unpaired) electrons. The van der Waals surface area contributed by atoms with Gasteiger partial charge in [-0.15, -0.1) is 0 Å². The van der Waals surface area contributed by atoms with Crippen LogP contribution in [0, 0.1) is 11.7 Å². The third kappa shape index (κ3) is 5.57. The second-order valence-electron chi connectivity index (χ2n) is 10.1. The van der Waals surface area contributed by atoms with Crippen molar-refractivity contribution in [3.8, 4) is 0 Å². The van der Waals surface area contributed by atoms with Gasteiger partial charge in [-0.25, -0.2) is 4.39 Å². The first kappa shape index (κ1) is 27.3. The van der Waals surface area contributed by atoms with E-state index in [4.69, 9.17) is 34.0 Å². The molecule has 1 saturated heterocycles. The van der Waals surface area contributed by atoms with Gasteiger partial charge < -0.3 is 26.6 Å². The van der Waals surface area contributed by atoms with Gasteiger partial charge in [0.2, 0.25) is 5.91 Å². The molecule has 5 atom stereocenters. The van der Waals surface area contributed by atoms with Gasteiger partial charge >= 0.3 is 0 Å². The summed E-state index contributed by atoms with van der Waals surface area (Å²) >= 11 is 12.4. The summed E-state index contributed by atoms with van der Waals surface area (Å²) in [6.45, 7) is -0.227. The van der Waals surface area contributed by atoms with Gasteiger partial charge in [0.15, 0.2) is 0 Å². The number of nitrogens with one attached hydrogen (secondary N) is 2. The van der Waals surface area contributed by atoms with Crippen molar-refractivity contribution in [2.45, 2.75) is 68.2 Å². The van der Waals surface area contributed by atoms with Crippen LogP contribution >= 0.6 is 23.2 Å². The molecule has 1 heterocycles. The highest BCUT2D eigenvalue weighted by Crippen LogP contribution is 2.49. The number of hydrogen-bond donors (Lipinski definition) is 5. The van der Waals surface area contributed by atoms with E-state index in [-0.39, 0.29) is 42.1 Å². The minimum Gasteiger partial charge on any atom is -0.394 e. The molecule has 196 valence electrons. The Bertz CT molecular complexity index is 1050. The van der Waals surface area contributed by atoms with E-state index in [9.17, 15) is 9.90 Å². The molecular formula is C27H34Cl2FN3O3. The average molecular weight is 538 g/mol. The zero-order valence-electron chi connectivity index (χ0n) is 20.1. The Labute approximate surface area is 221 Å². The Balaban J connectivity index is 1.77. The first-order valence-electron chi connectivity index (χ1n) is 12.6. The number of carbonyl (C=O) groups is 1. The average Bonchev–Trinajstić information content (AvgIpc) is 3.48. The van der Waals surface area contributed by atoms with Crippen molar-refractivity contribution < 1.29 is 19.4 Å². The van der Waals surface area contributed by atoms with E-state index in [2.05, 4.69) is 10.6 Å². The van der Waals surface area contributed by atoms with Crippen LogP contribution in [0.4, 0.5) is 4.39 Å². The molecule has 1 aliphatic carbocycles. The van der Waals surface area contributed by atoms with Crippen molar-refractivity contribution in [2.24, 2.45) is 11.7 Å². The Morgan fingerprint density at radius 2 is 1.89 bits per heavy atom. The van der Waals surface area contributed by atoms with Crippen LogP contribution in [0.25, 0.3) is 0 Å². The van der Waals surface area contributed by atoms with Gasteiger partial charge in [0, 0.05) is 23.5 Å². The monoisotopic (exact) mass is 537 g/mol. The summed E-state index contributed by atoms with van der Waals surface area (Å²) in [5, 5.41) is 25.6. The molecule has 9 heteroatoms. The topological polar surface area (TPSA) is 108 Å². The number of benzene rings is 2. The molecule has 36 heavy (non-hydrogen) atoms. The summed E-state index contributed by atoms with van der Waals surface area (Å²) in [5.74, 6) is -1.23. The minimum absolute atomic E-state index is 0.0320. The number of amides is 1. The molecule has 2 fully saturated rings. The van der Waals surface area contributed by atoms with Crippen molar-refractivity contribution in [3.63, 3.8) is 0 Å². The molecule has 4 rings (SSSR count). The number of halogens is 3. The first-order valence-corrected chi connectivity index (χ1v) is 13.3. The van der Waals surface area contributed by atoms with Crippen LogP contribution in [0.5, 0.6) is 0 Å². The quantitative estimate of drug-likeness (QED) is 0.334. The highest BCUT2D eigenvalue weighted by molar-refractivity contribution is 6.31. The second-order valence-corrected chi connectivity index (χ2v) is 10.9. The third-order valence-corrected chi connectivity index (χ3v) is 8.32. The fourth-order valence-electron chi connectivity index (χ4n) is 5.89. The summed E-state index contributed by atoms with van der Waals surface area (Å²) in [7, 11) is 0. The van der Waals surface area contributed by atoms with Crippen LogP contribution in [-0.2, 0) is 10.3 Å². The summed E-state index contributed by atoms with van der Waals surface area (Å²) in [6, 6.07) is 10.8. The number of hydrogen-bond acceptors (Lipinski definition) is 5. The predicted molar refractivity (Wildman–Crippen MR) is 139 cm³/mol. The van der Waals surface area contributed by atoms with Crippen LogP contribution in [0.2, 0.25) is 10.0 Å². The number of carbonyl (C=O) groups excluding carboxylic acids is 1. The highest BCUT2D eigenvalue weighted by Gasteiger charge is 2.57. The van der Waals surface area contributed by atoms with Crippen LogP contribution in [0.1, 0.15) is 55.6 Å². The molecular weight excluding hydrogens is 504 g/mol. The molecule has 0 spiro atoms. The maximum absolute atomic E-state index is 15.5. The van der Waals surface area contributed by atoms with Gasteiger partial charge in [0.05, 0.1) is 29.3 Å². The Hall–Kier alpha value is -1.74. The van der Waals surface area contributed by atoms with Gasteiger partial charge in [0.1, 0.15) is 5.82 Å². The van der Waals surface area contributed by atoms with Crippen LogP contribution in [-0.4, -0.2) is 47.5 Å². The Morgan fingerprint density at radius 1 is 1.19 bits per heavy atom. The van der Waals surface area contributed by atoms with Crippen molar-refractivity contribution >= 4 is 29.1 Å². The molecule has 6 nitrogen and oxygen atoms in total. The molecule has 2 aromatic carbocycles. The van der Waals surface area contributed by atoms with Gasteiger partial charge in [0.25, 0.3) is 0 Å². The van der Waals surface area contributed by atoms with Gasteiger partial charge in [-0.3, -0.25) is 4.79 Å². The van der Waals surface area contributed by atoms with Gasteiger partial charge in [-0.2, -0.15) is 0 Å². The summed E-state index contributed by atoms with van der Waals surface area (Å²) < 4.78 is 15.5. The second kappa shape index (κ2) is 11.8. The maximum atomic E-state index is 15.5. The Morgan fingerprint density at radius 3 is 2.56 bits per heavy atom. The lowest BCUT2D eigenvalue weighted by Gasteiger charge is -2.38. The van der Waals surface area contributed by atoms with E-state index in [0.29, 0.717) is 10.9 Å². The van der Waals surface area contributed by atoms with Crippen molar-refractivity contribution in [1.29, 1.82) is 0 Å². The maximum Gasteiger partial charge on any atom is 0.237 e. The van der Waals surface area contributed by atoms with E-state index < -0.39 is 29.4 Å². The molecule has 0 unspecified atom stereocenters. The first-order chi connectivity index (χ1) is 17.3. The van der Waals surface area contributed by atoms with Crippen LogP contribution in [0.15, 0.2) is 42.5 Å². The summed E-state index contributed by atoms with van der Waals surface area (Å²) in [4.78, 5) is 13.5. The number of rotatable bonds is 9. The SMILES string of the molecule is N[C@]1(c2ccc(Cl)cc2)[C@H](CC2CCCC2)N[C@@H](C(=O)NCC[C@H](O)CO)[C@@H]1c1cccc(Cl)c1F. The number of nitrogens with two attached hydrogens (primary N) is 1. The predicted octanol–water partition coefficient (Wildman–Crippen LogP) is 3.85. The van der Waals surface area contributed by atoms with Gasteiger partial charge in [-0.05, 0) is 48.1 Å². The lowest BCUT2D eigenvalue weighted by Crippen LogP contribution is -2.51. The largest absolute Gasteiger partial charge is 0.394 e. The minimum atomic E-state index is -1.12. The zero-order valence-corrected chi connectivity index (χ0v) is 21.6. The van der Waals surface area contributed by atoms with E-state index in [1.165, 1.54) is 18.9 Å². The van der Waals surface area contributed by atoms with Crippen molar-refractivity contribution in [2.75, 3.05) is 13.2 Å². The molecule has 2 aliphatic rings. The van der Waals surface area contributed by atoms with Crippen LogP contribution in [0.3, 0.4) is 0 Å². The van der Waals surface area contributed by atoms with Gasteiger partial charge in [-0.1, -0.05) is 73.2 Å². The third-order valence-electron chi connectivity index (χ3n) is 7.78. The molecule has 0 bridgehead atoms. The molecule has 1 saturated carbocycles. The summed E-state index contributed by atoms with van der Waals surface area (Å²) in [6.07, 6.45) is 4.55. The highest BCUT2D eigenvalue weighted by atomic mass is 35.5. The fraction of sp³-hybridized carbons (Fsp3) is 0.519. The van der Waals surface area contributed by atoms with Crippen LogP contribution < -0.4 is 16.4 Å². The van der Waals surface area contributed by atoms with Crippen molar-refractivity contribution in [3.05, 3.63) is 69.5 Å². The summed E-state index contributed by atoms with van der Waals surface area (Å²) in [5.41, 5.74) is 7.22. The number of aliphatic hydroxyl groups is 2. The van der Waals surface area contributed by atoms with E-state index in [1.807, 2.05) is 12.1 Å². The zero-order chi connectivity index (χ0) is 25.9. The smallest absolute Gasteiger partial charge is 0.237 e. The number of aliphatic hydroxyl groups excluding tert-OH is 2. The molecule has 1 aliphatic heterocycles. The lowest BCUT2D eigenvalue weighted by atomic mass is 9.69. The molecule has 0 aromatic heterocycles. The van der Waals surface area contributed by atoms with E-state index in [0.717, 1.165) is 24.8 Å². The molecule has 6 N–H and O–H groups in total. The molecule has 1 amide bonds. The molecule has 2 aromatic rings.